The van der Waals surface area contributed by atoms with Gasteiger partial charge in [0.1, 0.15) is 12.3 Å². The van der Waals surface area contributed by atoms with Crippen molar-refractivity contribution in [3.8, 4) is 5.75 Å². The Bertz CT molecular complexity index is 605. The van der Waals surface area contributed by atoms with Crippen LogP contribution in [0, 0.1) is 0 Å². The van der Waals surface area contributed by atoms with Gasteiger partial charge in [-0.25, -0.2) is 0 Å². The van der Waals surface area contributed by atoms with Gasteiger partial charge in [-0.15, -0.1) is 0 Å². The molecule has 0 aromatic heterocycles. The van der Waals surface area contributed by atoms with Crippen molar-refractivity contribution < 1.29 is 19.1 Å². The standard InChI is InChI=1S/C13H14ClN3O4/c1-7-13(20)17(6-12(19)16-15-8(2)18)10-5-9(14)3-4-11(10)21-7/h3-5,7H,6H2,1-2H3,(H,15,18)(H,16,19). The van der Waals surface area contributed by atoms with Crippen LogP contribution in [0.3, 0.4) is 0 Å². The van der Waals surface area contributed by atoms with E-state index in [0.29, 0.717) is 16.5 Å². The Labute approximate surface area is 126 Å². The van der Waals surface area contributed by atoms with E-state index < -0.39 is 17.9 Å². The average Bonchev–Trinajstić information content (AvgIpc) is 2.42. The van der Waals surface area contributed by atoms with Gasteiger partial charge in [0.25, 0.3) is 11.8 Å². The van der Waals surface area contributed by atoms with Crippen molar-refractivity contribution in [1.82, 2.24) is 10.9 Å². The SMILES string of the molecule is CC(=O)NNC(=O)CN1C(=O)C(C)Oc2ccc(Cl)cc21. The summed E-state index contributed by atoms with van der Waals surface area (Å²) in [7, 11) is 0. The number of anilines is 1. The lowest BCUT2D eigenvalue weighted by atomic mass is 10.2. The third kappa shape index (κ3) is 3.43. The molecule has 3 amide bonds. The number of fused-ring (bicyclic) bond motifs is 1. The number of hydrogen-bond donors (Lipinski definition) is 2. The zero-order valence-electron chi connectivity index (χ0n) is 11.5. The van der Waals surface area contributed by atoms with Crippen LogP contribution in [0.1, 0.15) is 13.8 Å². The highest BCUT2D eigenvalue weighted by Crippen LogP contribution is 2.35. The molecule has 1 aromatic carbocycles. The molecule has 2 rings (SSSR count). The number of rotatable bonds is 2. The number of halogens is 1. The molecule has 1 heterocycles. The van der Waals surface area contributed by atoms with E-state index in [1.807, 2.05) is 0 Å². The number of hydrazine groups is 1. The number of ether oxygens (including phenoxy) is 1. The topological polar surface area (TPSA) is 87.7 Å². The van der Waals surface area contributed by atoms with E-state index in [9.17, 15) is 14.4 Å². The highest BCUT2D eigenvalue weighted by atomic mass is 35.5. The van der Waals surface area contributed by atoms with Crippen molar-refractivity contribution in [2.75, 3.05) is 11.4 Å². The second-order valence-electron chi connectivity index (χ2n) is 4.53. The van der Waals surface area contributed by atoms with Crippen LogP contribution in [-0.2, 0) is 14.4 Å². The van der Waals surface area contributed by atoms with Crippen LogP contribution in [0.2, 0.25) is 5.02 Å². The first kappa shape index (κ1) is 15.1. The van der Waals surface area contributed by atoms with Gasteiger partial charge in [-0.3, -0.25) is 30.1 Å². The number of carbonyl (C=O) groups is 3. The summed E-state index contributed by atoms with van der Waals surface area (Å²) in [4.78, 5) is 36.0. The van der Waals surface area contributed by atoms with E-state index >= 15 is 0 Å². The summed E-state index contributed by atoms with van der Waals surface area (Å²) < 4.78 is 5.46. The van der Waals surface area contributed by atoms with Crippen LogP contribution >= 0.6 is 11.6 Å². The average molecular weight is 312 g/mol. The van der Waals surface area contributed by atoms with Gasteiger partial charge in [0.05, 0.1) is 5.69 Å². The Morgan fingerprint density at radius 3 is 2.76 bits per heavy atom. The van der Waals surface area contributed by atoms with E-state index in [4.69, 9.17) is 16.3 Å². The number of benzene rings is 1. The van der Waals surface area contributed by atoms with Crippen molar-refractivity contribution >= 4 is 35.0 Å². The fourth-order valence-corrected chi connectivity index (χ4v) is 2.05. The first-order valence-electron chi connectivity index (χ1n) is 6.21. The zero-order valence-corrected chi connectivity index (χ0v) is 12.2. The Morgan fingerprint density at radius 1 is 1.38 bits per heavy atom. The number of amides is 3. The highest BCUT2D eigenvalue weighted by Gasteiger charge is 2.32. The molecule has 1 aliphatic heterocycles. The molecule has 1 aliphatic rings. The number of carbonyl (C=O) groups excluding carboxylic acids is 3. The van der Waals surface area contributed by atoms with E-state index in [0.717, 1.165) is 0 Å². The summed E-state index contributed by atoms with van der Waals surface area (Å²) in [5.41, 5.74) is 4.79. The third-order valence-corrected chi connectivity index (χ3v) is 3.04. The number of hydrogen-bond acceptors (Lipinski definition) is 4. The van der Waals surface area contributed by atoms with Crippen molar-refractivity contribution in [2.24, 2.45) is 0 Å². The van der Waals surface area contributed by atoms with Gasteiger partial charge >= 0.3 is 0 Å². The van der Waals surface area contributed by atoms with Gasteiger partial charge in [-0.1, -0.05) is 11.6 Å². The summed E-state index contributed by atoms with van der Waals surface area (Å²) in [5.74, 6) is -0.825. The normalized spacial score (nSPS) is 16.8. The van der Waals surface area contributed by atoms with Gasteiger partial charge in [-0.05, 0) is 25.1 Å². The van der Waals surface area contributed by atoms with Gasteiger partial charge in [0, 0.05) is 11.9 Å². The van der Waals surface area contributed by atoms with Crippen molar-refractivity contribution in [1.29, 1.82) is 0 Å². The Morgan fingerprint density at radius 2 is 2.10 bits per heavy atom. The quantitative estimate of drug-likeness (QED) is 0.784. The Hall–Kier alpha value is -2.28. The van der Waals surface area contributed by atoms with Gasteiger partial charge in [-0.2, -0.15) is 0 Å². The second kappa shape index (κ2) is 6.01. The molecule has 0 fully saturated rings. The third-order valence-electron chi connectivity index (χ3n) is 2.81. The van der Waals surface area contributed by atoms with Crippen molar-refractivity contribution in [2.45, 2.75) is 20.0 Å². The Kier molecular flexibility index (Phi) is 4.32. The molecule has 21 heavy (non-hydrogen) atoms. The van der Waals surface area contributed by atoms with Gasteiger partial charge < -0.3 is 4.74 Å². The van der Waals surface area contributed by atoms with Crippen molar-refractivity contribution in [3.05, 3.63) is 23.2 Å². The number of nitrogens with zero attached hydrogens (tertiary/aromatic N) is 1. The maximum atomic E-state index is 12.2. The summed E-state index contributed by atoms with van der Waals surface area (Å²) >= 11 is 5.91. The molecule has 0 radical (unpaired) electrons. The minimum atomic E-state index is -0.702. The first-order chi connectivity index (χ1) is 9.88. The minimum absolute atomic E-state index is 0.250. The van der Waals surface area contributed by atoms with Crippen LogP contribution in [0.25, 0.3) is 0 Å². The second-order valence-corrected chi connectivity index (χ2v) is 4.96. The van der Waals surface area contributed by atoms with Gasteiger partial charge in [0.15, 0.2) is 6.10 Å². The first-order valence-corrected chi connectivity index (χ1v) is 6.59. The lowest BCUT2D eigenvalue weighted by Gasteiger charge is -2.32. The Balaban J connectivity index is 2.21. The lowest BCUT2D eigenvalue weighted by Crippen LogP contribution is -2.51. The van der Waals surface area contributed by atoms with Crippen LogP contribution in [0.4, 0.5) is 5.69 Å². The molecule has 0 saturated carbocycles. The maximum absolute atomic E-state index is 12.2. The monoisotopic (exact) mass is 311 g/mol. The lowest BCUT2D eigenvalue weighted by molar-refractivity contribution is -0.129. The van der Waals surface area contributed by atoms with E-state index in [2.05, 4.69) is 10.9 Å². The smallest absolute Gasteiger partial charge is 0.268 e. The molecule has 0 bridgehead atoms. The molecule has 8 heteroatoms. The zero-order chi connectivity index (χ0) is 15.6. The molecule has 1 unspecified atom stereocenters. The highest BCUT2D eigenvalue weighted by molar-refractivity contribution is 6.31. The molecule has 0 spiro atoms. The number of nitrogens with one attached hydrogen (secondary N) is 2. The molecule has 1 atom stereocenters. The molecule has 0 aliphatic carbocycles. The fraction of sp³-hybridized carbons (Fsp3) is 0.308. The summed E-state index contributed by atoms with van der Waals surface area (Å²) in [5, 5.41) is 0.423. The van der Waals surface area contributed by atoms with E-state index in [-0.39, 0.29) is 12.5 Å². The summed E-state index contributed by atoms with van der Waals surface area (Å²) in [6.45, 7) is 2.61. The molecule has 1 aromatic rings. The maximum Gasteiger partial charge on any atom is 0.268 e. The van der Waals surface area contributed by atoms with Crippen LogP contribution in [0.15, 0.2) is 18.2 Å². The van der Waals surface area contributed by atoms with Crippen LogP contribution < -0.4 is 20.5 Å². The molecule has 7 nitrogen and oxygen atoms in total. The minimum Gasteiger partial charge on any atom is -0.479 e. The van der Waals surface area contributed by atoms with Gasteiger partial charge in [0.2, 0.25) is 5.91 Å². The molecular formula is C13H14ClN3O4. The predicted molar refractivity (Wildman–Crippen MR) is 75.9 cm³/mol. The van der Waals surface area contributed by atoms with E-state index in [1.54, 1.807) is 25.1 Å². The molecule has 0 saturated heterocycles. The largest absolute Gasteiger partial charge is 0.479 e. The van der Waals surface area contributed by atoms with Crippen LogP contribution in [0.5, 0.6) is 5.75 Å². The van der Waals surface area contributed by atoms with Crippen LogP contribution in [-0.4, -0.2) is 30.4 Å². The van der Waals surface area contributed by atoms with Crippen molar-refractivity contribution in [3.63, 3.8) is 0 Å². The predicted octanol–water partition coefficient (Wildman–Crippen LogP) is 0.621. The molecule has 112 valence electrons. The summed E-state index contributed by atoms with van der Waals surface area (Å²) in [6, 6.07) is 4.82. The summed E-state index contributed by atoms with van der Waals surface area (Å²) in [6.07, 6.45) is -0.702. The molecular weight excluding hydrogens is 298 g/mol. The molecule has 2 N–H and O–H groups in total. The fourth-order valence-electron chi connectivity index (χ4n) is 1.88. The van der Waals surface area contributed by atoms with E-state index in [1.165, 1.54) is 11.8 Å².